The predicted molar refractivity (Wildman–Crippen MR) is 104 cm³/mol. The molecule has 1 fully saturated rings. The molecular weight excluding hydrogens is 366 g/mol. The number of halogens is 1. The van der Waals surface area contributed by atoms with Crippen molar-refractivity contribution in [3.05, 3.63) is 65.6 Å². The van der Waals surface area contributed by atoms with E-state index in [1.807, 2.05) is 18.2 Å². The zero-order chi connectivity index (χ0) is 18.6. The second-order valence-corrected chi connectivity index (χ2v) is 6.55. The van der Waals surface area contributed by atoms with Crippen LogP contribution in [0, 0.1) is 0 Å². The zero-order valence-electron chi connectivity index (χ0n) is 14.5. The Hall–Kier alpha value is -2.90. The number of aromatic nitrogens is 3. The molecule has 2 aromatic heterocycles. The van der Waals surface area contributed by atoms with Crippen LogP contribution < -0.4 is 10.2 Å². The lowest BCUT2D eigenvalue weighted by atomic mass is 10.3. The Kier molecular flexibility index (Phi) is 5.04. The fourth-order valence-electron chi connectivity index (χ4n) is 2.86. The molecular formula is C19H18ClN5O2. The second kappa shape index (κ2) is 7.77. The van der Waals surface area contributed by atoms with Gasteiger partial charge in [-0.1, -0.05) is 17.7 Å². The minimum Gasteiger partial charge on any atom is -0.378 e. The first-order valence-electron chi connectivity index (χ1n) is 8.60. The maximum atomic E-state index is 12.5. The van der Waals surface area contributed by atoms with Gasteiger partial charge in [0.2, 0.25) is 0 Å². The van der Waals surface area contributed by atoms with Crippen molar-refractivity contribution in [1.82, 2.24) is 14.8 Å². The van der Waals surface area contributed by atoms with Crippen molar-refractivity contribution in [3.8, 4) is 5.69 Å². The SMILES string of the molecule is O=C(Nc1ccc(N2CCOCC2)cn1)c1cnn(-c2cccc(Cl)c2)c1. The van der Waals surface area contributed by atoms with Gasteiger partial charge in [-0.15, -0.1) is 0 Å². The summed E-state index contributed by atoms with van der Waals surface area (Å²) < 4.78 is 6.96. The zero-order valence-corrected chi connectivity index (χ0v) is 15.3. The van der Waals surface area contributed by atoms with Gasteiger partial charge >= 0.3 is 0 Å². The molecule has 3 aromatic rings. The standard InChI is InChI=1S/C19H18ClN5O2/c20-15-2-1-3-16(10-15)25-13-14(11-22-25)19(26)23-18-5-4-17(12-21-18)24-6-8-27-9-7-24/h1-5,10-13H,6-9H2,(H,21,23,26). The number of ether oxygens (including phenoxy) is 1. The summed E-state index contributed by atoms with van der Waals surface area (Å²) in [6.45, 7) is 3.12. The van der Waals surface area contributed by atoms with Crippen molar-refractivity contribution in [2.45, 2.75) is 0 Å². The number of amides is 1. The lowest BCUT2D eigenvalue weighted by Gasteiger charge is -2.28. The van der Waals surface area contributed by atoms with Crippen LogP contribution in [0.2, 0.25) is 5.02 Å². The van der Waals surface area contributed by atoms with Gasteiger partial charge in [-0.2, -0.15) is 5.10 Å². The number of morpholine rings is 1. The molecule has 0 bridgehead atoms. The van der Waals surface area contributed by atoms with Crippen LogP contribution in [0.25, 0.3) is 5.69 Å². The van der Waals surface area contributed by atoms with Crippen LogP contribution in [0.3, 0.4) is 0 Å². The molecule has 1 aliphatic rings. The van der Waals surface area contributed by atoms with E-state index in [0.29, 0.717) is 16.4 Å². The summed E-state index contributed by atoms with van der Waals surface area (Å²) in [5.74, 6) is 0.224. The number of anilines is 2. The van der Waals surface area contributed by atoms with Crippen LogP contribution in [-0.2, 0) is 4.74 Å². The molecule has 1 N–H and O–H groups in total. The van der Waals surface area contributed by atoms with Gasteiger partial charge in [0.15, 0.2) is 0 Å². The lowest BCUT2D eigenvalue weighted by Crippen LogP contribution is -2.36. The Morgan fingerprint density at radius 1 is 1.11 bits per heavy atom. The molecule has 0 aliphatic carbocycles. The third-order valence-electron chi connectivity index (χ3n) is 4.28. The molecule has 8 heteroatoms. The van der Waals surface area contributed by atoms with Crippen molar-refractivity contribution in [2.24, 2.45) is 0 Å². The maximum Gasteiger partial charge on any atom is 0.260 e. The summed E-state index contributed by atoms with van der Waals surface area (Å²) in [5, 5.41) is 7.63. The molecule has 4 rings (SSSR count). The molecule has 27 heavy (non-hydrogen) atoms. The van der Waals surface area contributed by atoms with Gasteiger partial charge in [-0.3, -0.25) is 4.79 Å². The van der Waals surface area contributed by atoms with Crippen molar-refractivity contribution in [2.75, 3.05) is 36.5 Å². The average molecular weight is 384 g/mol. The Bertz CT molecular complexity index is 935. The van der Waals surface area contributed by atoms with Crippen molar-refractivity contribution < 1.29 is 9.53 Å². The minimum absolute atomic E-state index is 0.269. The molecule has 138 valence electrons. The largest absolute Gasteiger partial charge is 0.378 e. The van der Waals surface area contributed by atoms with Crippen molar-refractivity contribution in [1.29, 1.82) is 0 Å². The van der Waals surface area contributed by atoms with E-state index in [4.69, 9.17) is 16.3 Å². The summed E-state index contributed by atoms with van der Waals surface area (Å²) in [6, 6.07) is 11.0. The summed E-state index contributed by atoms with van der Waals surface area (Å²) >= 11 is 6.00. The molecule has 1 aromatic carbocycles. The Balaban J connectivity index is 1.43. The monoisotopic (exact) mass is 383 g/mol. The maximum absolute atomic E-state index is 12.5. The van der Waals surface area contributed by atoms with Gasteiger partial charge in [0, 0.05) is 24.3 Å². The first-order chi connectivity index (χ1) is 13.2. The molecule has 7 nitrogen and oxygen atoms in total. The molecule has 0 spiro atoms. The van der Waals surface area contributed by atoms with E-state index >= 15 is 0 Å². The quantitative estimate of drug-likeness (QED) is 0.749. The third kappa shape index (κ3) is 4.10. The predicted octanol–water partition coefficient (Wildman–Crippen LogP) is 3.01. The van der Waals surface area contributed by atoms with E-state index in [9.17, 15) is 4.79 Å². The number of nitrogens with one attached hydrogen (secondary N) is 1. The second-order valence-electron chi connectivity index (χ2n) is 6.11. The Morgan fingerprint density at radius 2 is 1.96 bits per heavy atom. The number of carbonyl (C=O) groups excluding carboxylic acids is 1. The number of benzene rings is 1. The number of carbonyl (C=O) groups is 1. The normalized spacial score (nSPS) is 14.2. The highest BCUT2D eigenvalue weighted by Crippen LogP contribution is 2.18. The molecule has 0 atom stereocenters. The summed E-state index contributed by atoms with van der Waals surface area (Å²) in [4.78, 5) is 19.0. The van der Waals surface area contributed by atoms with Gasteiger partial charge in [-0.25, -0.2) is 9.67 Å². The van der Waals surface area contributed by atoms with Gasteiger partial charge < -0.3 is 15.0 Å². The van der Waals surface area contributed by atoms with E-state index in [2.05, 4.69) is 20.3 Å². The highest BCUT2D eigenvalue weighted by Gasteiger charge is 2.13. The van der Waals surface area contributed by atoms with Crippen molar-refractivity contribution in [3.63, 3.8) is 0 Å². The third-order valence-corrected chi connectivity index (χ3v) is 4.52. The van der Waals surface area contributed by atoms with E-state index in [0.717, 1.165) is 37.7 Å². The van der Waals surface area contributed by atoms with Gasteiger partial charge in [0.1, 0.15) is 5.82 Å². The molecule has 3 heterocycles. The average Bonchev–Trinajstić information content (AvgIpc) is 3.20. The fourth-order valence-corrected chi connectivity index (χ4v) is 3.04. The molecule has 1 saturated heterocycles. The van der Waals surface area contributed by atoms with Crippen LogP contribution in [0.4, 0.5) is 11.5 Å². The summed E-state index contributed by atoms with van der Waals surface area (Å²) in [6.07, 6.45) is 4.93. The first kappa shape index (κ1) is 17.5. The first-order valence-corrected chi connectivity index (χ1v) is 8.97. The Labute approximate surface area is 161 Å². The number of hydrogen-bond acceptors (Lipinski definition) is 5. The molecule has 1 amide bonds. The van der Waals surface area contributed by atoms with Gasteiger partial charge in [0.05, 0.1) is 42.5 Å². The molecule has 1 aliphatic heterocycles. The van der Waals surface area contributed by atoms with Crippen LogP contribution in [0.15, 0.2) is 55.0 Å². The van der Waals surface area contributed by atoms with E-state index < -0.39 is 0 Å². The highest BCUT2D eigenvalue weighted by atomic mass is 35.5. The minimum atomic E-state index is -0.269. The fraction of sp³-hybridized carbons (Fsp3) is 0.211. The number of pyridine rings is 1. The summed E-state index contributed by atoms with van der Waals surface area (Å²) in [5.41, 5.74) is 2.24. The highest BCUT2D eigenvalue weighted by molar-refractivity contribution is 6.30. The molecule has 0 saturated carbocycles. The summed E-state index contributed by atoms with van der Waals surface area (Å²) in [7, 11) is 0. The van der Waals surface area contributed by atoms with Crippen LogP contribution in [0.5, 0.6) is 0 Å². The van der Waals surface area contributed by atoms with Crippen molar-refractivity contribution >= 4 is 29.0 Å². The number of rotatable bonds is 4. The van der Waals surface area contributed by atoms with Crippen LogP contribution in [-0.4, -0.2) is 47.0 Å². The lowest BCUT2D eigenvalue weighted by molar-refractivity contribution is 0.102. The Morgan fingerprint density at radius 3 is 2.70 bits per heavy atom. The van der Waals surface area contributed by atoms with Crippen LogP contribution in [0.1, 0.15) is 10.4 Å². The number of nitrogens with zero attached hydrogens (tertiary/aromatic N) is 4. The smallest absolute Gasteiger partial charge is 0.260 e. The molecule has 0 unspecified atom stereocenters. The van der Waals surface area contributed by atoms with E-state index in [1.165, 1.54) is 6.20 Å². The van der Waals surface area contributed by atoms with E-state index in [1.54, 1.807) is 35.3 Å². The van der Waals surface area contributed by atoms with Gasteiger partial charge in [0.25, 0.3) is 5.91 Å². The molecule has 0 radical (unpaired) electrons. The topological polar surface area (TPSA) is 72.3 Å². The van der Waals surface area contributed by atoms with E-state index in [-0.39, 0.29) is 5.91 Å². The van der Waals surface area contributed by atoms with Gasteiger partial charge in [-0.05, 0) is 30.3 Å². The van der Waals surface area contributed by atoms with Crippen LogP contribution >= 0.6 is 11.6 Å². The number of hydrogen-bond donors (Lipinski definition) is 1.